The van der Waals surface area contributed by atoms with Crippen LogP contribution in [0.2, 0.25) is 5.02 Å². The predicted molar refractivity (Wildman–Crippen MR) is 99.5 cm³/mol. The third-order valence-electron chi connectivity index (χ3n) is 3.71. The van der Waals surface area contributed by atoms with Crippen LogP contribution in [0.3, 0.4) is 0 Å². The zero-order chi connectivity index (χ0) is 22.0. The highest BCUT2D eigenvalue weighted by molar-refractivity contribution is 7.90. The molecule has 1 unspecified atom stereocenters. The van der Waals surface area contributed by atoms with Gasteiger partial charge in [0.05, 0.1) is 26.7 Å². The molecule has 1 N–H and O–H groups in total. The van der Waals surface area contributed by atoms with Crippen molar-refractivity contribution in [2.75, 3.05) is 11.6 Å². The number of hydrogen-bond acceptors (Lipinski definition) is 5. The molecule has 0 bridgehead atoms. The number of halogens is 4. The molecule has 0 heterocycles. The first-order valence-corrected chi connectivity index (χ1v) is 10.3. The van der Waals surface area contributed by atoms with Crippen LogP contribution in [0.1, 0.15) is 22.8 Å². The maximum absolute atomic E-state index is 13.0. The summed E-state index contributed by atoms with van der Waals surface area (Å²) in [5.41, 5.74) is -1.73. The lowest BCUT2D eigenvalue weighted by atomic mass is 10.1. The average Bonchev–Trinajstić information content (AvgIpc) is 2.60. The molecule has 2 aromatic carbocycles. The van der Waals surface area contributed by atoms with Crippen LogP contribution < -0.4 is 5.32 Å². The van der Waals surface area contributed by atoms with Crippen molar-refractivity contribution in [2.24, 2.45) is 0 Å². The molecule has 0 aliphatic rings. The Morgan fingerprint density at radius 2 is 1.76 bits per heavy atom. The first-order valence-electron chi connectivity index (χ1n) is 7.98. The van der Waals surface area contributed by atoms with E-state index in [2.05, 4.69) is 5.32 Å². The Bertz CT molecular complexity index is 1050. The summed E-state index contributed by atoms with van der Waals surface area (Å²) in [6.07, 6.45) is -5.24. The van der Waals surface area contributed by atoms with Crippen molar-refractivity contribution in [2.45, 2.75) is 24.1 Å². The SMILES string of the molecule is CC(OC(=O)c1ccc(Cl)c(S(C)(=O)=O)c1)C(=O)Nc1ccccc1C(F)(F)F. The van der Waals surface area contributed by atoms with E-state index < -0.39 is 45.2 Å². The first-order chi connectivity index (χ1) is 13.3. The van der Waals surface area contributed by atoms with E-state index in [1.165, 1.54) is 24.3 Å². The minimum atomic E-state index is -4.69. The van der Waals surface area contributed by atoms with Gasteiger partial charge in [-0.1, -0.05) is 23.7 Å². The minimum Gasteiger partial charge on any atom is -0.449 e. The molecule has 0 radical (unpaired) electrons. The summed E-state index contributed by atoms with van der Waals surface area (Å²) in [5, 5.41) is 1.97. The Labute approximate surface area is 169 Å². The van der Waals surface area contributed by atoms with E-state index in [1.807, 2.05) is 0 Å². The van der Waals surface area contributed by atoms with Gasteiger partial charge in [-0.15, -0.1) is 0 Å². The molecule has 0 fully saturated rings. The predicted octanol–water partition coefficient (Wildman–Crippen LogP) is 3.95. The first kappa shape index (κ1) is 22.7. The molecule has 29 heavy (non-hydrogen) atoms. The number of carbonyl (C=O) groups is 2. The number of amides is 1. The fourth-order valence-electron chi connectivity index (χ4n) is 2.27. The van der Waals surface area contributed by atoms with Crippen LogP contribution in [0, 0.1) is 0 Å². The summed E-state index contributed by atoms with van der Waals surface area (Å²) >= 11 is 5.80. The molecule has 1 atom stereocenters. The van der Waals surface area contributed by atoms with Crippen molar-refractivity contribution >= 4 is 39.0 Å². The number of esters is 1. The highest BCUT2D eigenvalue weighted by Gasteiger charge is 2.34. The summed E-state index contributed by atoms with van der Waals surface area (Å²) in [6, 6.07) is 7.70. The van der Waals surface area contributed by atoms with Crippen LogP contribution >= 0.6 is 11.6 Å². The fraction of sp³-hybridized carbons (Fsp3) is 0.222. The standard InChI is InChI=1S/C18H15ClF3NO5S/c1-10(16(24)23-14-6-4-3-5-12(14)18(20,21)22)28-17(25)11-7-8-13(19)15(9-11)29(2,26)27/h3-10H,1-2H3,(H,23,24). The Balaban J connectivity index is 2.16. The minimum absolute atomic E-state index is 0.0985. The quantitative estimate of drug-likeness (QED) is 0.698. The van der Waals surface area contributed by atoms with Crippen LogP contribution in [-0.4, -0.2) is 32.7 Å². The maximum atomic E-state index is 13.0. The molecule has 2 aromatic rings. The van der Waals surface area contributed by atoms with Crippen molar-refractivity contribution in [3.05, 3.63) is 58.6 Å². The van der Waals surface area contributed by atoms with Crippen LogP contribution in [0.25, 0.3) is 0 Å². The largest absolute Gasteiger partial charge is 0.449 e. The number of nitrogens with one attached hydrogen (secondary N) is 1. The number of carbonyl (C=O) groups excluding carboxylic acids is 2. The number of anilines is 1. The van der Waals surface area contributed by atoms with Gasteiger partial charge >= 0.3 is 12.1 Å². The molecule has 0 spiro atoms. The number of para-hydroxylation sites is 1. The van der Waals surface area contributed by atoms with Crippen molar-refractivity contribution in [1.82, 2.24) is 0 Å². The molecular weight excluding hydrogens is 435 g/mol. The molecule has 0 saturated heterocycles. The van der Waals surface area contributed by atoms with E-state index in [-0.39, 0.29) is 15.5 Å². The summed E-state index contributed by atoms with van der Waals surface area (Å²) in [6.45, 7) is 1.16. The van der Waals surface area contributed by atoms with Gasteiger partial charge in [-0.3, -0.25) is 4.79 Å². The van der Waals surface area contributed by atoms with Crippen molar-refractivity contribution in [3.63, 3.8) is 0 Å². The highest BCUT2D eigenvalue weighted by atomic mass is 35.5. The van der Waals surface area contributed by atoms with E-state index in [0.717, 1.165) is 31.4 Å². The van der Waals surface area contributed by atoms with E-state index in [4.69, 9.17) is 16.3 Å². The maximum Gasteiger partial charge on any atom is 0.418 e. The Kier molecular flexibility index (Phi) is 6.59. The van der Waals surface area contributed by atoms with Crippen LogP contribution in [0.15, 0.2) is 47.4 Å². The summed E-state index contributed by atoms with van der Waals surface area (Å²) in [7, 11) is -3.72. The zero-order valence-electron chi connectivity index (χ0n) is 15.1. The average molecular weight is 450 g/mol. The van der Waals surface area contributed by atoms with Gasteiger partial charge in [0.2, 0.25) is 0 Å². The van der Waals surface area contributed by atoms with Gasteiger partial charge < -0.3 is 10.1 Å². The molecule has 2 rings (SSSR count). The van der Waals surface area contributed by atoms with Crippen molar-refractivity contribution < 1.29 is 35.9 Å². The number of alkyl halides is 3. The molecule has 0 aliphatic carbocycles. The lowest BCUT2D eigenvalue weighted by Gasteiger charge is -2.17. The van der Waals surface area contributed by atoms with Crippen LogP contribution in [0.5, 0.6) is 0 Å². The lowest BCUT2D eigenvalue weighted by Crippen LogP contribution is -2.30. The second-order valence-electron chi connectivity index (χ2n) is 6.00. The van der Waals surface area contributed by atoms with Gasteiger partial charge in [0.1, 0.15) is 0 Å². The molecule has 0 saturated carbocycles. The zero-order valence-corrected chi connectivity index (χ0v) is 16.7. The van der Waals surface area contributed by atoms with E-state index in [9.17, 15) is 31.2 Å². The van der Waals surface area contributed by atoms with Gasteiger partial charge in [-0.05, 0) is 37.3 Å². The number of benzene rings is 2. The molecule has 1 amide bonds. The van der Waals surface area contributed by atoms with Crippen molar-refractivity contribution in [1.29, 1.82) is 0 Å². The summed E-state index contributed by atoms with van der Waals surface area (Å²) in [5.74, 6) is -2.04. The normalized spacial score (nSPS) is 12.9. The smallest absolute Gasteiger partial charge is 0.418 e. The van der Waals surface area contributed by atoms with Crippen molar-refractivity contribution in [3.8, 4) is 0 Å². The third kappa shape index (κ3) is 5.70. The Morgan fingerprint density at radius 1 is 1.14 bits per heavy atom. The van der Waals surface area contributed by atoms with Crippen LogP contribution in [-0.2, 0) is 25.5 Å². The fourth-order valence-corrected chi connectivity index (χ4v) is 3.57. The van der Waals surface area contributed by atoms with Gasteiger partial charge in [0, 0.05) is 6.26 Å². The summed E-state index contributed by atoms with van der Waals surface area (Å²) < 4.78 is 67.3. The van der Waals surface area contributed by atoms with Gasteiger partial charge in [-0.25, -0.2) is 13.2 Å². The van der Waals surface area contributed by atoms with E-state index >= 15 is 0 Å². The second kappa shape index (κ2) is 8.42. The van der Waals surface area contributed by atoms with Gasteiger partial charge in [0.25, 0.3) is 5.91 Å². The topological polar surface area (TPSA) is 89.5 Å². The van der Waals surface area contributed by atoms with Crippen LogP contribution in [0.4, 0.5) is 18.9 Å². The molecule has 0 aliphatic heterocycles. The van der Waals surface area contributed by atoms with E-state index in [1.54, 1.807) is 0 Å². The molecule has 156 valence electrons. The Hall–Kier alpha value is -2.59. The molecule has 6 nitrogen and oxygen atoms in total. The van der Waals surface area contributed by atoms with Gasteiger partial charge in [-0.2, -0.15) is 13.2 Å². The highest BCUT2D eigenvalue weighted by Crippen LogP contribution is 2.34. The Morgan fingerprint density at radius 3 is 2.34 bits per heavy atom. The summed E-state index contributed by atoms with van der Waals surface area (Å²) in [4.78, 5) is 24.1. The molecule has 11 heteroatoms. The number of ether oxygens (including phenoxy) is 1. The monoisotopic (exact) mass is 449 g/mol. The van der Waals surface area contributed by atoms with E-state index in [0.29, 0.717) is 0 Å². The third-order valence-corrected chi connectivity index (χ3v) is 5.29. The number of rotatable bonds is 5. The number of sulfone groups is 1. The lowest BCUT2D eigenvalue weighted by molar-refractivity contribution is -0.137. The molecular formula is C18H15ClF3NO5S. The number of hydrogen-bond donors (Lipinski definition) is 1. The molecule has 0 aromatic heterocycles. The van der Waals surface area contributed by atoms with Gasteiger partial charge in [0.15, 0.2) is 15.9 Å². The second-order valence-corrected chi connectivity index (χ2v) is 8.39.